The molecule has 5 N–H and O–H groups in total. The van der Waals surface area contributed by atoms with Gasteiger partial charge in [0.2, 0.25) is 0 Å². The number of nitrogens with one attached hydrogen (secondary N) is 1. The van der Waals surface area contributed by atoms with Crippen LogP contribution in [0.25, 0.3) is 33.5 Å². The Morgan fingerprint density at radius 3 is 2.80 bits per heavy atom. The molecule has 25 heavy (non-hydrogen) atoms. The maximum Gasteiger partial charge on any atom is 0.250 e. The molecule has 124 valence electrons. The molecule has 0 spiro atoms. The maximum atomic E-state index is 11.6. The first kappa shape index (κ1) is 14.9. The Kier molecular flexibility index (Phi) is 3.24. The lowest BCUT2D eigenvalue weighted by atomic mass is 10.1. The van der Waals surface area contributed by atoms with Gasteiger partial charge in [-0.2, -0.15) is 5.10 Å². The molecule has 8 nitrogen and oxygen atoms in total. The van der Waals surface area contributed by atoms with Gasteiger partial charge >= 0.3 is 0 Å². The number of benzene rings is 1. The molecule has 8 heteroatoms. The van der Waals surface area contributed by atoms with Crippen LogP contribution in [0.15, 0.2) is 42.9 Å². The molecule has 0 aliphatic heterocycles. The third-order valence-corrected chi connectivity index (χ3v) is 3.99. The molecule has 4 rings (SSSR count). The number of hydrogen-bond donors (Lipinski definition) is 3. The molecule has 0 saturated carbocycles. The fourth-order valence-electron chi connectivity index (χ4n) is 2.75. The van der Waals surface area contributed by atoms with E-state index in [4.69, 9.17) is 11.5 Å². The highest BCUT2D eigenvalue weighted by Crippen LogP contribution is 2.29. The molecule has 0 aliphatic carbocycles. The minimum atomic E-state index is -0.529. The summed E-state index contributed by atoms with van der Waals surface area (Å²) in [6.07, 6.45) is 5.33. The number of primary amides is 1. The summed E-state index contributed by atoms with van der Waals surface area (Å²) >= 11 is 0. The smallest absolute Gasteiger partial charge is 0.250 e. The number of imidazole rings is 1. The quantitative estimate of drug-likeness (QED) is 0.525. The topological polar surface area (TPSA) is 128 Å². The van der Waals surface area contributed by atoms with Crippen molar-refractivity contribution in [3.8, 4) is 22.5 Å². The second kappa shape index (κ2) is 5.45. The van der Waals surface area contributed by atoms with Crippen LogP contribution in [-0.2, 0) is 7.05 Å². The Bertz CT molecular complexity index is 1110. The fourth-order valence-corrected chi connectivity index (χ4v) is 2.75. The predicted molar refractivity (Wildman–Crippen MR) is 94.5 cm³/mol. The van der Waals surface area contributed by atoms with Crippen LogP contribution in [-0.4, -0.2) is 30.6 Å². The van der Waals surface area contributed by atoms with Gasteiger partial charge in [0.25, 0.3) is 5.91 Å². The number of nitrogens with two attached hydrogens (primary N) is 2. The molecule has 1 aromatic carbocycles. The normalized spacial score (nSPS) is 11.1. The van der Waals surface area contributed by atoms with Gasteiger partial charge in [0, 0.05) is 30.6 Å². The lowest BCUT2D eigenvalue weighted by Gasteiger charge is -2.04. The van der Waals surface area contributed by atoms with Crippen molar-refractivity contribution in [3.05, 3.63) is 48.4 Å². The van der Waals surface area contributed by atoms with E-state index in [1.165, 1.54) is 0 Å². The second-order valence-electron chi connectivity index (χ2n) is 5.71. The maximum absolute atomic E-state index is 11.6. The summed E-state index contributed by atoms with van der Waals surface area (Å²) in [5, 5.41) is 4.17. The molecule has 3 heterocycles. The standard InChI is InChI=1S/C17H15N7O/c1-24-8-10(7-21-24)9-5-12(15(18)20-6-9)17-22-13-4-2-3-11(16(19)25)14(13)23-17/h2-8H,1H3,(H2,18,20)(H2,19,25)(H,22,23). The van der Waals surface area contributed by atoms with Crippen molar-refractivity contribution in [2.45, 2.75) is 0 Å². The average molecular weight is 333 g/mol. The Hall–Kier alpha value is -3.68. The third-order valence-electron chi connectivity index (χ3n) is 3.99. The number of H-pyrrole nitrogens is 1. The first-order chi connectivity index (χ1) is 12.0. The van der Waals surface area contributed by atoms with Gasteiger partial charge in [-0.05, 0) is 18.2 Å². The second-order valence-corrected chi connectivity index (χ2v) is 5.71. The molecule has 0 unspecified atom stereocenters. The van der Waals surface area contributed by atoms with Gasteiger partial charge in [-0.15, -0.1) is 0 Å². The summed E-state index contributed by atoms with van der Waals surface area (Å²) in [5.74, 6) is 0.339. The van der Waals surface area contributed by atoms with Gasteiger partial charge in [0.1, 0.15) is 17.2 Å². The predicted octanol–water partition coefficient (Wildman–Crippen LogP) is 1.71. The van der Waals surface area contributed by atoms with E-state index in [1.807, 2.05) is 25.4 Å². The molecule has 0 aliphatic rings. The number of para-hydroxylation sites is 1. The summed E-state index contributed by atoms with van der Waals surface area (Å²) in [4.78, 5) is 23.5. The highest BCUT2D eigenvalue weighted by atomic mass is 16.1. The van der Waals surface area contributed by atoms with E-state index in [9.17, 15) is 4.79 Å². The monoisotopic (exact) mass is 333 g/mol. The third kappa shape index (κ3) is 2.49. The lowest BCUT2D eigenvalue weighted by molar-refractivity contribution is 0.100. The number of amides is 1. The van der Waals surface area contributed by atoms with E-state index >= 15 is 0 Å². The number of carbonyl (C=O) groups excluding carboxylic acids is 1. The number of fused-ring (bicyclic) bond motifs is 1. The van der Waals surface area contributed by atoms with E-state index in [-0.39, 0.29) is 0 Å². The van der Waals surface area contributed by atoms with Crippen molar-refractivity contribution in [3.63, 3.8) is 0 Å². The molecule has 1 amide bonds. The van der Waals surface area contributed by atoms with Gasteiger partial charge in [0.05, 0.1) is 22.8 Å². The number of rotatable bonds is 3. The van der Waals surface area contributed by atoms with Crippen LogP contribution in [0.5, 0.6) is 0 Å². The van der Waals surface area contributed by atoms with Crippen LogP contribution in [0.1, 0.15) is 10.4 Å². The molecule has 4 aromatic rings. The van der Waals surface area contributed by atoms with Crippen LogP contribution < -0.4 is 11.5 Å². The van der Waals surface area contributed by atoms with Gasteiger partial charge in [-0.25, -0.2) is 9.97 Å². The minimum Gasteiger partial charge on any atom is -0.383 e. The Morgan fingerprint density at radius 1 is 1.24 bits per heavy atom. The summed E-state index contributed by atoms with van der Waals surface area (Å²) in [5.41, 5.74) is 15.5. The number of carbonyl (C=O) groups is 1. The van der Waals surface area contributed by atoms with Crippen LogP contribution in [0.4, 0.5) is 5.82 Å². The number of aromatic amines is 1. The number of aromatic nitrogens is 5. The average Bonchev–Trinajstić information content (AvgIpc) is 3.20. The summed E-state index contributed by atoms with van der Waals surface area (Å²) < 4.78 is 1.71. The number of nitrogens with zero attached hydrogens (tertiary/aromatic N) is 4. The summed E-state index contributed by atoms with van der Waals surface area (Å²) in [6.45, 7) is 0. The summed E-state index contributed by atoms with van der Waals surface area (Å²) in [7, 11) is 1.85. The SMILES string of the molecule is Cn1cc(-c2cnc(N)c(-c3nc4c(C(N)=O)cccc4[nH]3)c2)cn1. The van der Waals surface area contributed by atoms with Gasteiger partial charge < -0.3 is 16.5 Å². The number of hydrogen-bond acceptors (Lipinski definition) is 5. The molecule has 3 aromatic heterocycles. The molecule has 0 radical (unpaired) electrons. The molecule has 0 bridgehead atoms. The highest BCUT2D eigenvalue weighted by molar-refractivity contribution is 6.04. The van der Waals surface area contributed by atoms with E-state index in [0.29, 0.717) is 33.8 Å². The zero-order valence-corrected chi connectivity index (χ0v) is 13.4. The number of nitrogen functional groups attached to an aromatic ring is 1. The van der Waals surface area contributed by atoms with Crippen molar-refractivity contribution in [1.82, 2.24) is 24.7 Å². The summed E-state index contributed by atoms with van der Waals surface area (Å²) in [6, 6.07) is 7.11. The van der Waals surface area contributed by atoms with Crippen molar-refractivity contribution in [2.75, 3.05) is 5.73 Å². The van der Waals surface area contributed by atoms with Crippen molar-refractivity contribution in [2.24, 2.45) is 12.8 Å². The Balaban J connectivity index is 1.88. The molecular formula is C17H15N7O. The van der Waals surface area contributed by atoms with E-state index in [1.54, 1.807) is 29.2 Å². The molecular weight excluding hydrogens is 318 g/mol. The number of anilines is 1. The van der Waals surface area contributed by atoms with Gasteiger partial charge in [-0.3, -0.25) is 9.48 Å². The Morgan fingerprint density at radius 2 is 2.08 bits per heavy atom. The first-order valence-corrected chi connectivity index (χ1v) is 7.56. The zero-order chi connectivity index (χ0) is 17.6. The highest BCUT2D eigenvalue weighted by Gasteiger charge is 2.15. The number of aryl methyl sites for hydroxylation is 1. The molecule has 0 saturated heterocycles. The minimum absolute atomic E-state index is 0.340. The van der Waals surface area contributed by atoms with Crippen molar-refractivity contribution >= 4 is 22.8 Å². The van der Waals surface area contributed by atoms with Crippen LogP contribution >= 0.6 is 0 Å². The first-order valence-electron chi connectivity index (χ1n) is 7.56. The van der Waals surface area contributed by atoms with E-state index in [2.05, 4.69) is 20.1 Å². The van der Waals surface area contributed by atoms with Crippen LogP contribution in [0, 0.1) is 0 Å². The van der Waals surface area contributed by atoms with Crippen molar-refractivity contribution < 1.29 is 4.79 Å². The van der Waals surface area contributed by atoms with Gasteiger partial charge in [0.15, 0.2) is 0 Å². The molecule has 0 fully saturated rings. The van der Waals surface area contributed by atoms with Crippen LogP contribution in [0.2, 0.25) is 0 Å². The van der Waals surface area contributed by atoms with Crippen molar-refractivity contribution in [1.29, 1.82) is 0 Å². The van der Waals surface area contributed by atoms with Gasteiger partial charge in [-0.1, -0.05) is 6.07 Å². The fraction of sp³-hybridized carbons (Fsp3) is 0.0588. The van der Waals surface area contributed by atoms with Crippen LogP contribution in [0.3, 0.4) is 0 Å². The van der Waals surface area contributed by atoms with E-state index in [0.717, 1.165) is 11.1 Å². The Labute approximate surface area is 142 Å². The number of pyridine rings is 1. The lowest BCUT2D eigenvalue weighted by Crippen LogP contribution is -2.11. The molecule has 0 atom stereocenters. The zero-order valence-electron chi connectivity index (χ0n) is 13.4. The largest absolute Gasteiger partial charge is 0.383 e. The van der Waals surface area contributed by atoms with E-state index < -0.39 is 5.91 Å².